The lowest BCUT2D eigenvalue weighted by atomic mass is 10.3. The zero-order chi connectivity index (χ0) is 14.5. The van der Waals surface area contributed by atoms with E-state index >= 15 is 0 Å². The van der Waals surface area contributed by atoms with E-state index in [0.717, 1.165) is 18.2 Å². The van der Waals surface area contributed by atoms with Crippen LogP contribution in [0.5, 0.6) is 5.75 Å². The van der Waals surface area contributed by atoms with Crippen molar-refractivity contribution in [3.05, 3.63) is 36.7 Å². The number of hydrogen-bond acceptors (Lipinski definition) is 4. The van der Waals surface area contributed by atoms with Crippen LogP contribution in [0.15, 0.2) is 35.7 Å². The number of hydrogen-bond donors (Lipinski definition) is 1. The van der Waals surface area contributed by atoms with Crippen LogP contribution in [0.25, 0.3) is 0 Å². The smallest absolute Gasteiger partial charge is 0.261 e. The fraction of sp³-hybridized carbons (Fsp3) is 0.182. The zero-order valence-corrected chi connectivity index (χ0v) is 11.3. The van der Waals surface area contributed by atoms with Crippen LogP contribution in [0.3, 0.4) is 0 Å². The molecule has 0 unspecified atom stereocenters. The van der Waals surface area contributed by atoms with Gasteiger partial charge >= 0.3 is 0 Å². The van der Waals surface area contributed by atoms with Crippen LogP contribution in [-0.2, 0) is 13.8 Å². The van der Waals surface area contributed by atoms with Gasteiger partial charge in [-0.2, -0.15) is 0 Å². The van der Waals surface area contributed by atoms with Gasteiger partial charge in [-0.15, -0.1) is 6.58 Å². The summed E-state index contributed by atoms with van der Waals surface area (Å²) in [6.07, 6.45) is 1.48. The van der Waals surface area contributed by atoms with Gasteiger partial charge in [-0.1, -0.05) is 6.08 Å². The third kappa shape index (κ3) is 4.88. The Kier molecular flexibility index (Phi) is 5.31. The molecule has 0 atom stereocenters. The molecule has 1 aromatic rings. The second-order valence-corrected chi connectivity index (χ2v) is 5.98. The van der Waals surface area contributed by atoms with Crippen molar-refractivity contribution in [2.45, 2.75) is 4.90 Å². The van der Waals surface area contributed by atoms with Crippen LogP contribution >= 0.6 is 10.7 Å². The lowest BCUT2D eigenvalue weighted by molar-refractivity contribution is -0.122. The number of rotatable bonds is 6. The number of halogens is 2. The predicted octanol–water partition coefficient (Wildman–Crippen LogP) is 1.43. The van der Waals surface area contributed by atoms with Crippen LogP contribution in [0.4, 0.5) is 4.39 Å². The SMILES string of the molecule is C=CCNC(=O)COc1ccc(S(=O)(=O)Cl)cc1F. The van der Waals surface area contributed by atoms with Crippen molar-refractivity contribution in [2.75, 3.05) is 13.2 Å². The van der Waals surface area contributed by atoms with Crippen LogP contribution in [-0.4, -0.2) is 27.5 Å². The van der Waals surface area contributed by atoms with Crippen LogP contribution in [0.2, 0.25) is 0 Å². The Morgan fingerprint density at radius 3 is 2.74 bits per heavy atom. The Bertz CT molecular complexity index is 588. The normalized spacial score (nSPS) is 10.8. The molecule has 0 spiro atoms. The summed E-state index contributed by atoms with van der Waals surface area (Å²) in [7, 11) is 1.06. The fourth-order valence-electron chi connectivity index (χ4n) is 1.13. The summed E-state index contributed by atoms with van der Waals surface area (Å²) < 4.78 is 40.3. The van der Waals surface area contributed by atoms with Crippen molar-refractivity contribution in [3.63, 3.8) is 0 Å². The minimum absolute atomic E-state index is 0.238. The molecule has 1 aromatic carbocycles. The van der Waals surface area contributed by atoms with E-state index in [1.54, 1.807) is 0 Å². The highest BCUT2D eigenvalue weighted by Gasteiger charge is 2.14. The van der Waals surface area contributed by atoms with E-state index in [1.165, 1.54) is 6.08 Å². The number of benzene rings is 1. The maximum absolute atomic E-state index is 13.5. The number of carbonyl (C=O) groups is 1. The number of carbonyl (C=O) groups excluding carboxylic acids is 1. The molecule has 104 valence electrons. The molecule has 5 nitrogen and oxygen atoms in total. The van der Waals surface area contributed by atoms with Crippen molar-refractivity contribution < 1.29 is 22.3 Å². The molecule has 0 aromatic heterocycles. The molecule has 8 heteroatoms. The van der Waals surface area contributed by atoms with Crippen molar-refractivity contribution in [1.29, 1.82) is 0 Å². The van der Waals surface area contributed by atoms with Gasteiger partial charge in [0.25, 0.3) is 15.0 Å². The topological polar surface area (TPSA) is 72.5 Å². The van der Waals surface area contributed by atoms with E-state index < -0.39 is 27.4 Å². The van der Waals surface area contributed by atoms with Crippen molar-refractivity contribution in [2.24, 2.45) is 0 Å². The standard InChI is InChI=1S/C11H11ClFNO4S/c1-2-5-14-11(15)7-18-10-4-3-8(6-9(10)13)19(12,16)17/h2-4,6H,1,5,7H2,(H,14,15). The van der Waals surface area contributed by atoms with Gasteiger partial charge in [0.2, 0.25) is 0 Å². The molecular weight excluding hydrogens is 297 g/mol. The van der Waals surface area contributed by atoms with Crippen LogP contribution < -0.4 is 10.1 Å². The van der Waals surface area contributed by atoms with Gasteiger partial charge in [0.15, 0.2) is 18.2 Å². The van der Waals surface area contributed by atoms with E-state index in [-0.39, 0.29) is 17.2 Å². The van der Waals surface area contributed by atoms with E-state index in [9.17, 15) is 17.6 Å². The first kappa shape index (κ1) is 15.5. The van der Waals surface area contributed by atoms with Gasteiger partial charge in [0.1, 0.15) is 0 Å². The first-order valence-electron chi connectivity index (χ1n) is 5.09. The third-order valence-corrected chi connectivity index (χ3v) is 3.34. The summed E-state index contributed by atoms with van der Waals surface area (Å²) in [6, 6.07) is 2.90. The summed E-state index contributed by atoms with van der Waals surface area (Å²) in [5.74, 6) is -1.61. The first-order valence-corrected chi connectivity index (χ1v) is 7.40. The molecule has 0 radical (unpaired) electrons. The number of amides is 1. The van der Waals surface area contributed by atoms with Crippen LogP contribution in [0.1, 0.15) is 0 Å². The van der Waals surface area contributed by atoms with Gasteiger partial charge in [-0.05, 0) is 18.2 Å². The summed E-state index contributed by atoms with van der Waals surface area (Å²) in [4.78, 5) is 10.8. The van der Waals surface area contributed by atoms with E-state index in [4.69, 9.17) is 15.4 Å². The first-order chi connectivity index (χ1) is 8.84. The van der Waals surface area contributed by atoms with Crippen molar-refractivity contribution in [1.82, 2.24) is 5.32 Å². The van der Waals surface area contributed by atoms with Gasteiger partial charge in [-0.3, -0.25) is 4.79 Å². The second-order valence-electron chi connectivity index (χ2n) is 3.41. The molecule has 0 saturated carbocycles. The molecule has 1 N–H and O–H groups in total. The highest BCUT2D eigenvalue weighted by molar-refractivity contribution is 8.13. The lowest BCUT2D eigenvalue weighted by Gasteiger charge is -2.07. The lowest BCUT2D eigenvalue weighted by Crippen LogP contribution is -2.28. The Balaban J connectivity index is 2.71. The molecule has 0 heterocycles. The highest BCUT2D eigenvalue weighted by atomic mass is 35.7. The molecule has 1 amide bonds. The Morgan fingerprint density at radius 2 is 2.21 bits per heavy atom. The van der Waals surface area contributed by atoms with Gasteiger partial charge in [-0.25, -0.2) is 12.8 Å². The third-order valence-electron chi connectivity index (χ3n) is 1.99. The number of ether oxygens (including phenoxy) is 1. The summed E-state index contributed by atoms with van der Waals surface area (Å²) in [6.45, 7) is 3.29. The summed E-state index contributed by atoms with van der Waals surface area (Å²) >= 11 is 0. The van der Waals surface area contributed by atoms with Gasteiger partial charge < -0.3 is 10.1 Å². The predicted molar refractivity (Wildman–Crippen MR) is 68.1 cm³/mol. The zero-order valence-electron chi connectivity index (χ0n) is 9.73. The van der Waals surface area contributed by atoms with E-state index in [1.807, 2.05) is 0 Å². The van der Waals surface area contributed by atoms with E-state index in [0.29, 0.717) is 0 Å². The maximum Gasteiger partial charge on any atom is 0.261 e. The molecule has 19 heavy (non-hydrogen) atoms. The average Bonchev–Trinajstić information content (AvgIpc) is 2.33. The second kappa shape index (κ2) is 6.53. The van der Waals surface area contributed by atoms with Crippen molar-refractivity contribution >= 4 is 25.6 Å². The average molecular weight is 308 g/mol. The molecular formula is C11H11ClFNO4S. The quantitative estimate of drug-likeness (QED) is 0.637. The maximum atomic E-state index is 13.5. The monoisotopic (exact) mass is 307 g/mol. The minimum Gasteiger partial charge on any atom is -0.481 e. The molecule has 0 aliphatic rings. The van der Waals surface area contributed by atoms with E-state index in [2.05, 4.69) is 11.9 Å². The minimum atomic E-state index is -4.00. The molecule has 0 aliphatic heterocycles. The van der Waals surface area contributed by atoms with Crippen molar-refractivity contribution in [3.8, 4) is 5.75 Å². The Labute approximate surface area is 114 Å². The van der Waals surface area contributed by atoms with Crippen LogP contribution in [0, 0.1) is 5.82 Å². The van der Waals surface area contributed by atoms with Gasteiger partial charge in [0.05, 0.1) is 4.90 Å². The Hall–Kier alpha value is -1.60. The summed E-state index contributed by atoms with van der Waals surface area (Å²) in [5.41, 5.74) is 0. The highest BCUT2D eigenvalue weighted by Crippen LogP contribution is 2.23. The fourth-order valence-corrected chi connectivity index (χ4v) is 1.89. The Morgan fingerprint density at radius 1 is 1.53 bits per heavy atom. The molecule has 0 saturated heterocycles. The molecule has 1 rings (SSSR count). The molecule has 0 fully saturated rings. The molecule has 0 bridgehead atoms. The van der Waals surface area contributed by atoms with Gasteiger partial charge in [0, 0.05) is 17.2 Å². The molecule has 0 aliphatic carbocycles. The summed E-state index contributed by atoms with van der Waals surface area (Å²) in [5, 5.41) is 2.44. The largest absolute Gasteiger partial charge is 0.481 e. The number of nitrogens with one attached hydrogen (secondary N) is 1.